The smallest absolute Gasteiger partial charge is 0.293 e. The van der Waals surface area contributed by atoms with E-state index in [1.807, 2.05) is 0 Å². The van der Waals surface area contributed by atoms with Crippen molar-refractivity contribution < 1.29 is 23.9 Å². The first-order valence-corrected chi connectivity index (χ1v) is 7.52. The van der Waals surface area contributed by atoms with Crippen LogP contribution in [0.5, 0.6) is 23.0 Å². The van der Waals surface area contributed by atoms with E-state index in [4.69, 9.17) is 18.9 Å². The summed E-state index contributed by atoms with van der Waals surface area (Å²) in [7, 11) is 4.60. The Morgan fingerprint density at radius 1 is 1.00 bits per heavy atom. The molecule has 1 aliphatic rings. The molecule has 3 rings (SSSR count). The first kappa shape index (κ1) is 16.6. The van der Waals surface area contributed by atoms with Crippen LogP contribution < -0.4 is 18.9 Å². The maximum absolute atomic E-state index is 11.6. The van der Waals surface area contributed by atoms with Crippen LogP contribution in [0.25, 0.3) is 5.76 Å². The molecule has 1 heterocycles. The first-order valence-electron chi connectivity index (χ1n) is 7.52. The Morgan fingerprint density at radius 3 is 2.24 bits per heavy atom. The molecule has 1 aliphatic heterocycles. The fraction of sp³-hybridized carbons (Fsp3) is 0.222. The summed E-state index contributed by atoms with van der Waals surface area (Å²) in [6.45, 7) is 0. The summed E-state index contributed by atoms with van der Waals surface area (Å²) < 4.78 is 21.6. The molecule has 0 N–H and O–H groups in total. The van der Waals surface area contributed by atoms with Crippen LogP contribution in [0, 0.1) is 10.1 Å². The molecule has 0 atom stereocenters. The molecule has 2 aromatic carbocycles. The Bertz CT molecular complexity index is 841. The van der Waals surface area contributed by atoms with E-state index >= 15 is 0 Å². The zero-order chi connectivity index (χ0) is 18.0. The van der Waals surface area contributed by atoms with E-state index in [0.717, 1.165) is 0 Å². The van der Waals surface area contributed by atoms with Gasteiger partial charge in [0.15, 0.2) is 11.5 Å². The normalized spacial score (nSPS) is 12.9. The molecule has 0 spiro atoms. The van der Waals surface area contributed by atoms with Crippen LogP contribution in [0.1, 0.15) is 11.1 Å². The molecular weight excluding hydrogens is 326 g/mol. The van der Waals surface area contributed by atoms with Gasteiger partial charge in [-0.3, -0.25) is 10.1 Å². The van der Waals surface area contributed by atoms with Gasteiger partial charge in [-0.05, 0) is 30.3 Å². The molecule has 0 aliphatic carbocycles. The van der Waals surface area contributed by atoms with Gasteiger partial charge in [-0.1, -0.05) is 0 Å². The predicted molar refractivity (Wildman–Crippen MR) is 90.8 cm³/mol. The molecule has 0 radical (unpaired) electrons. The number of nitro groups is 1. The average molecular weight is 343 g/mol. The van der Waals surface area contributed by atoms with Crippen LogP contribution in [0.4, 0.5) is 0 Å². The van der Waals surface area contributed by atoms with E-state index in [0.29, 0.717) is 34.1 Å². The average Bonchev–Trinajstić information content (AvgIpc) is 2.65. The highest BCUT2D eigenvalue weighted by atomic mass is 16.6. The summed E-state index contributed by atoms with van der Waals surface area (Å²) in [4.78, 5) is 11.1. The molecule has 0 unspecified atom stereocenters. The van der Waals surface area contributed by atoms with Crippen molar-refractivity contribution in [3.8, 4) is 23.0 Å². The quantitative estimate of drug-likeness (QED) is 0.612. The van der Waals surface area contributed by atoms with Crippen molar-refractivity contribution in [1.29, 1.82) is 0 Å². The van der Waals surface area contributed by atoms with Crippen LogP contribution in [0.15, 0.2) is 42.1 Å². The van der Waals surface area contributed by atoms with E-state index in [1.54, 1.807) is 43.5 Å². The second kappa shape index (κ2) is 6.72. The number of fused-ring (bicyclic) bond motifs is 1. The van der Waals surface area contributed by atoms with Crippen molar-refractivity contribution in [3.05, 3.63) is 63.3 Å². The van der Waals surface area contributed by atoms with E-state index in [9.17, 15) is 10.1 Å². The van der Waals surface area contributed by atoms with Gasteiger partial charge in [0.1, 0.15) is 11.5 Å². The monoisotopic (exact) mass is 343 g/mol. The maximum atomic E-state index is 11.6. The van der Waals surface area contributed by atoms with Crippen LogP contribution >= 0.6 is 0 Å². The van der Waals surface area contributed by atoms with E-state index in [1.165, 1.54) is 14.2 Å². The predicted octanol–water partition coefficient (Wildman–Crippen LogP) is 3.29. The summed E-state index contributed by atoms with van der Waals surface area (Å²) in [6, 6.07) is 10.3. The second-order valence-corrected chi connectivity index (χ2v) is 5.36. The SMILES string of the molecule is COc1ccc(C2=C([N+](=O)[O-])Cc3cc(OC)cc(OC)c3O2)cc1. The van der Waals surface area contributed by atoms with Crippen molar-refractivity contribution in [3.63, 3.8) is 0 Å². The standard InChI is InChI=1S/C18H17NO6/c1-22-13-6-4-11(5-7-13)17-15(19(20)21)9-12-8-14(23-2)10-16(24-3)18(12)25-17/h4-8,10H,9H2,1-3H3. The molecule has 0 amide bonds. The molecule has 25 heavy (non-hydrogen) atoms. The molecule has 2 aromatic rings. The number of hydrogen-bond donors (Lipinski definition) is 0. The molecule has 7 nitrogen and oxygen atoms in total. The number of methoxy groups -OCH3 is 3. The van der Waals surface area contributed by atoms with Gasteiger partial charge in [0.05, 0.1) is 32.7 Å². The van der Waals surface area contributed by atoms with Gasteiger partial charge in [-0.25, -0.2) is 0 Å². The molecular formula is C18H17NO6. The van der Waals surface area contributed by atoms with E-state index in [-0.39, 0.29) is 17.9 Å². The summed E-state index contributed by atoms with van der Waals surface area (Å²) in [5.74, 6) is 2.33. The minimum Gasteiger partial charge on any atom is -0.497 e. The van der Waals surface area contributed by atoms with Crippen LogP contribution in [-0.4, -0.2) is 26.3 Å². The van der Waals surface area contributed by atoms with Crippen molar-refractivity contribution in [2.24, 2.45) is 0 Å². The molecule has 130 valence electrons. The summed E-state index contributed by atoms with van der Waals surface area (Å²) in [6.07, 6.45) is 0.108. The van der Waals surface area contributed by atoms with Crippen molar-refractivity contribution in [2.75, 3.05) is 21.3 Å². The van der Waals surface area contributed by atoms with Crippen LogP contribution in [0.2, 0.25) is 0 Å². The third-order valence-corrected chi connectivity index (χ3v) is 3.96. The van der Waals surface area contributed by atoms with E-state index in [2.05, 4.69) is 0 Å². The number of hydrogen-bond acceptors (Lipinski definition) is 6. The second-order valence-electron chi connectivity index (χ2n) is 5.36. The number of allylic oxidation sites excluding steroid dienone is 1. The minimum atomic E-state index is -0.422. The Morgan fingerprint density at radius 2 is 1.68 bits per heavy atom. The Labute approximate surface area is 144 Å². The third kappa shape index (κ3) is 3.08. The minimum absolute atomic E-state index is 0.0204. The summed E-state index contributed by atoms with van der Waals surface area (Å²) in [5, 5.41) is 11.6. The first-order chi connectivity index (χ1) is 12.1. The highest BCUT2D eigenvalue weighted by Gasteiger charge is 2.32. The summed E-state index contributed by atoms with van der Waals surface area (Å²) >= 11 is 0. The van der Waals surface area contributed by atoms with E-state index < -0.39 is 4.92 Å². The van der Waals surface area contributed by atoms with Gasteiger partial charge in [-0.2, -0.15) is 0 Å². The Balaban J connectivity index is 2.10. The number of ether oxygens (including phenoxy) is 4. The highest BCUT2D eigenvalue weighted by Crippen LogP contribution is 2.43. The van der Waals surface area contributed by atoms with Crippen molar-refractivity contribution in [1.82, 2.24) is 0 Å². The Kier molecular flexibility index (Phi) is 4.47. The number of benzene rings is 2. The van der Waals surface area contributed by atoms with Gasteiger partial charge in [0, 0.05) is 17.2 Å². The lowest BCUT2D eigenvalue weighted by molar-refractivity contribution is -0.427. The van der Waals surface area contributed by atoms with Crippen molar-refractivity contribution >= 4 is 5.76 Å². The number of rotatable bonds is 5. The molecule has 7 heteroatoms. The molecule has 0 saturated carbocycles. The summed E-state index contributed by atoms with van der Waals surface area (Å²) in [5.41, 5.74) is 1.21. The van der Waals surface area contributed by atoms with Gasteiger partial charge in [0.25, 0.3) is 5.70 Å². The van der Waals surface area contributed by atoms with Gasteiger partial charge < -0.3 is 18.9 Å². The zero-order valence-electron chi connectivity index (χ0n) is 14.1. The number of nitrogens with zero attached hydrogens (tertiary/aromatic N) is 1. The molecule has 0 bridgehead atoms. The zero-order valence-corrected chi connectivity index (χ0v) is 14.1. The molecule has 0 fully saturated rings. The van der Waals surface area contributed by atoms with Gasteiger partial charge >= 0.3 is 0 Å². The van der Waals surface area contributed by atoms with Crippen molar-refractivity contribution in [2.45, 2.75) is 6.42 Å². The Hall–Kier alpha value is -3.22. The van der Waals surface area contributed by atoms with Crippen LogP contribution in [-0.2, 0) is 6.42 Å². The topological polar surface area (TPSA) is 80.1 Å². The maximum Gasteiger partial charge on any atom is 0.293 e. The highest BCUT2D eigenvalue weighted by molar-refractivity contribution is 5.70. The lowest BCUT2D eigenvalue weighted by Gasteiger charge is -2.22. The largest absolute Gasteiger partial charge is 0.497 e. The fourth-order valence-electron chi connectivity index (χ4n) is 2.69. The third-order valence-electron chi connectivity index (χ3n) is 3.96. The van der Waals surface area contributed by atoms with Crippen LogP contribution in [0.3, 0.4) is 0 Å². The lowest BCUT2D eigenvalue weighted by Crippen LogP contribution is -2.16. The lowest BCUT2D eigenvalue weighted by atomic mass is 10.0. The van der Waals surface area contributed by atoms with Gasteiger partial charge in [0.2, 0.25) is 5.76 Å². The fourth-order valence-corrected chi connectivity index (χ4v) is 2.69. The van der Waals surface area contributed by atoms with Gasteiger partial charge in [-0.15, -0.1) is 0 Å². The molecule has 0 aromatic heterocycles. The molecule has 0 saturated heterocycles.